The van der Waals surface area contributed by atoms with Crippen molar-refractivity contribution in [2.75, 3.05) is 0 Å². The molecule has 84 valence electrons. The van der Waals surface area contributed by atoms with Crippen LogP contribution in [0.25, 0.3) is 5.57 Å². The smallest absolute Gasteiger partial charge is 0.0192 e. The summed E-state index contributed by atoms with van der Waals surface area (Å²) >= 11 is 0. The Morgan fingerprint density at radius 3 is 2.94 bits per heavy atom. The van der Waals surface area contributed by atoms with Crippen LogP contribution in [0.3, 0.4) is 0 Å². The van der Waals surface area contributed by atoms with Gasteiger partial charge in [-0.1, -0.05) is 62.3 Å². The van der Waals surface area contributed by atoms with Gasteiger partial charge in [0, 0.05) is 0 Å². The van der Waals surface area contributed by atoms with Crippen LogP contribution in [0.4, 0.5) is 0 Å². The van der Waals surface area contributed by atoms with Gasteiger partial charge in [0.25, 0.3) is 0 Å². The molecule has 1 aliphatic rings. The van der Waals surface area contributed by atoms with Crippen molar-refractivity contribution in [2.24, 2.45) is 0 Å². The van der Waals surface area contributed by atoms with Crippen molar-refractivity contribution in [1.29, 1.82) is 0 Å². The number of rotatable bonds is 4. The topological polar surface area (TPSA) is 0 Å². The lowest BCUT2D eigenvalue weighted by atomic mass is 10.1. The van der Waals surface area contributed by atoms with E-state index in [-0.39, 0.29) is 0 Å². The van der Waals surface area contributed by atoms with E-state index in [1.54, 1.807) is 0 Å². The van der Waals surface area contributed by atoms with Crippen molar-refractivity contribution in [3.8, 4) is 0 Å². The summed E-state index contributed by atoms with van der Waals surface area (Å²) < 4.78 is 0. The molecule has 0 N–H and O–H groups in total. The quantitative estimate of drug-likeness (QED) is 0.631. The molecule has 2 rings (SSSR count). The van der Waals surface area contributed by atoms with Gasteiger partial charge in [0.2, 0.25) is 0 Å². The number of hydrogen-bond donors (Lipinski definition) is 0. The first-order valence-electron chi connectivity index (χ1n) is 6.36. The lowest BCUT2D eigenvalue weighted by Gasteiger charge is -1.98. The molecule has 0 bridgehead atoms. The Morgan fingerprint density at radius 2 is 2.06 bits per heavy atom. The second kappa shape index (κ2) is 5.69. The van der Waals surface area contributed by atoms with Crippen LogP contribution in [0, 0.1) is 0 Å². The van der Waals surface area contributed by atoms with E-state index in [0.717, 1.165) is 0 Å². The number of unbranched alkanes of at least 4 members (excludes halogenated alkanes) is 2. The highest BCUT2D eigenvalue weighted by atomic mass is 14.2. The van der Waals surface area contributed by atoms with Gasteiger partial charge in [0.15, 0.2) is 0 Å². The van der Waals surface area contributed by atoms with Crippen molar-refractivity contribution >= 4 is 5.57 Å². The molecule has 0 aliphatic heterocycles. The fraction of sp³-hybridized carbons (Fsp3) is 0.375. The average molecular weight is 212 g/mol. The fourth-order valence-electron chi connectivity index (χ4n) is 2.23. The molecule has 0 fully saturated rings. The van der Waals surface area contributed by atoms with Crippen molar-refractivity contribution in [3.05, 3.63) is 53.6 Å². The summed E-state index contributed by atoms with van der Waals surface area (Å²) in [6, 6.07) is 8.77. The first kappa shape index (κ1) is 11.2. The van der Waals surface area contributed by atoms with E-state index in [0.29, 0.717) is 0 Å². The largest absolute Gasteiger partial charge is 0.0845 e. The van der Waals surface area contributed by atoms with Crippen LogP contribution in [0.1, 0.15) is 43.7 Å². The average Bonchev–Trinajstić information content (AvgIpc) is 2.73. The van der Waals surface area contributed by atoms with Gasteiger partial charge in [-0.25, -0.2) is 0 Å². The molecule has 0 amide bonds. The predicted molar refractivity (Wildman–Crippen MR) is 71.4 cm³/mol. The summed E-state index contributed by atoms with van der Waals surface area (Å²) in [6.45, 7) is 2.24. The molecule has 0 unspecified atom stereocenters. The van der Waals surface area contributed by atoms with E-state index >= 15 is 0 Å². The molecule has 1 aromatic carbocycles. The molecular weight excluding hydrogens is 192 g/mol. The Balaban J connectivity index is 2.02. The molecule has 1 aliphatic carbocycles. The lowest BCUT2D eigenvalue weighted by molar-refractivity contribution is 0.815. The van der Waals surface area contributed by atoms with Crippen LogP contribution in [-0.2, 0) is 6.42 Å². The SMILES string of the molecule is CCCC/C=C/C=C1/CCc2ccccc21. The second-order valence-electron chi connectivity index (χ2n) is 4.42. The third-order valence-corrected chi connectivity index (χ3v) is 3.18. The van der Waals surface area contributed by atoms with E-state index in [9.17, 15) is 0 Å². The number of fused-ring (bicyclic) bond motifs is 1. The maximum atomic E-state index is 2.29. The van der Waals surface area contributed by atoms with E-state index in [2.05, 4.69) is 49.4 Å². The van der Waals surface area contributed by atoms with Gasteiger partial charge in [0.1, 0.15) is 0 Å². The number of aryl methyl sites for hydroxylation is 1. The molecule has 1 aromatic rings. The fourth-order valence-corrected chi connectivity index (χ4v) is 2.23. The van der Waals surface area contributed by atoms with Crippen LogP contribution in [0.5, 0.6) is 0 Å². The van der Waals surface area contributed by atoms with Gasteiger partial charge in [-0.3, -0.25) is 0 Å². The van der Waals surface area contributed by atoms with Crippen LogP contribution in [0.2, 0.25) is 0 Å². The van der Waals surface area contributed by atoms with E-state index in [1.807, 2.05) is 0 Å². The highest BCUT2D eigenvalue weighted by Crippen LogP contribution is 2.31. The Hall–Kier alpha value is -1.30. The molecule has 0 nitrogen and oxygen atoms in total. The monoisotopic (exact) mass is 212 g/mol. The summed E-state index contributed by atoms with van der Waals surface area (Å²) in [5.74, 6) is 0. The van der Waals surface area contributed by atoms with E-state index < -0.39 is 0 Å². The van der Waals surface area contributed by atoms with Gasteiger partial charge in [0.05, 0.1) is 0 Å². The third-order valence-electron chi connectivity index (χ3n) is 3.18. The molecule has 0 saturated carbocycles. The molecule has 0 spiro atoms. The minimum absolute atomic E-state index is 1.21. The summed E-state index contributed by atoms with van der Waals surface area (Å²) in [7, 11) is 0. The summed E-state index contributed by atoms with van der Waals surface area (Å²) in [5.41, 5.74) is 4.47. The van der Waals surface area contributed by atoms with E-state index in [1.165, 1.54) is 48.8 Å². The van der Waals surface area contributed by atoms with Gasteiger partial charge >= 0.3 is 0 Å². The zero-order valence-electron chi connectivity index (χ0n) is 10.1. The molecule has 0 heterocycles. The Morgan fingerprint density at radius 1 is 1.19 bits per heavy atom. The third kappa shape index (κ3) is 2.63. The van der Waals surface area contributed by atoms with Crippen LogP contribution in [-0.4, -0.2) is 0 Å². The minimum Gasteiger partial charge on any atom is -0.0845 e. The molecule has 0 heteroatoms. The zero-order valence-corrected chi connectivity index (χ0v) is 10.1. The molecular formula is C16H20. The maximum Gasteiger partial charge on any atom is -0.0192 e. The maximum absolute atomic E-state index is 2.29. The first-order chi connectivity index (χ1) is 7.92. The Bertz CT molecular complexity index is 396. The highest BCUT2D eigenvalue weighted by molar-refractivity contribution is 5.73. The van der Waals surface area contributed by atoms with Crippen molar-refractivity contribution < 1.29 is 0 Å². The van der Waals surface area contributed by atoms with Crippen molar-refractivity contribution in [1.82, 2.24) is 0 Å². The number of hydrogen-bond acceptors (Lipinski definition) is 0. The normalized spacial score (nSPS) is 17.2. The van der Waals surface area contributed by atoms with Crippen LogP contribution >= 0.6 is 0 Å². The summed E-state index contributed by atoms with van der Waals surface area (Å²) in [6.07, 6.45) is 13.0. The van der Waals surface area contributed by atoms with Crippen molar-refractivity contribution in [2.45, 2.75) is 39.0 Å². The minimum atomic E-state index is 1.21. The van der Waals surface area contributed by atoms with E-state index in [4.69, 9.17) is 0 Å². The highest BCUT2D eigenvalue weighted by Gasteiger charge is 2.13. The molecule has 0 radical (unpaired) electrons. The molecule has 16 heavy (non-hydrogen) atoms. The van der Waals surface area contributed by atoms with Crippen molar-refractivity contribution in [3.63, 3.8) is 0 Å². The standard InChI is InChI=1S/C16H20/c1-2-3-4-5-6-9-14-12-13-15-10-7-8-11-16(14)15/h5-11H,2-4,12-13H2,1H3/b6-5+,14-9-. The number of allylic oxidation sites excluding steroid dienone is 4. The van der Waals surface area contributed by atoms with Gasteiger partial charge in [-0.15, -0.1) is 0 Å². The Kier molecular flexibility index (Phi) is 3.98. The Labute approximate surface area is 98.7 Å². The van der Waals surface area contributed by atoms with Gasteiger partial charge < -0.3 is 0 Å². The van der Waals surface area contributed by atoms with Gasteiger partial charge in [-0.05, 0) is 36.0 Å². The summed E-state index contributed by atoms with van der Waals surface area (Å²) in [5, 5.41) is 0. The lowest BCUT2D eigenvalue weighted by Crippen LogP contribution is -1.78. The van der Waals surface area contributed by atoms with Crippen LogP contribution in [0.15, 0.2) is 42.5 Å². The van der Waals surface area contributed by atoms with Gasteiger partial charge in [-0.2, -0.15) is 0 Å². The zero-order chi connectivity index (χ0) is 11.2. The predicted octanol–water partition coefficient (Wildman–Crippen LogP) is 4.76. The molecule has 0 saturated heterocycles. The summed E-state index contributed by atoms with van der Waals surface area (Å²) in [4.78, 5) is 0. The van der Waals surface area contributed by atoms with Crippen LogP contribution < -0.4 is 0 Å². The number of benzene rings is 1. The molecule has 0 atom stereocenters. The first-order valence-corrected chi connectivity index (χ1v) is 6.36. The molecule has 0 aromatic heterocycles. The second-order valence-corrected chi connectivity index (χ2v) is 4.42.